The maximum atomic E-state index is 13.0. The summed E-state index contributed by atoms with van der Waals surface area (Å²) >= 11 is 5.89. The van der Waals surface area contributed by atoms with E-state index in [0.717, 1.165) is 25.4 Å². The predicted molar refractivity (Wildman–Crippen MR) is 80.9 cm³/mol. The number of hydrogen-bond acceptors (Lipinski definition) is 5. The van der Waals surface area contributed by atoms with Gasteiger partial charge in [-0.1, -0.05) is 17.7 Å². The van der Waals surface area contributed by atoms with Crippen LogP contribution in [0.5, 0.6) is 0 Å². The van der Waals surface area contributed by atoms with Crippen molar-refractivity contribution in [3.8, 4) is 0 Å². The molecule has 0 atom stereocenters. The van der Waals surface area contributed by atoms with E-state index in [-0.39, 0.29) is 12.0 Å². The van der Waals surface area contributed by atoms with Crippen LogP contribution in [0, 0.1) is 0 Å². The van der Waals surface area contributed by atoms with Crippen molar-refractivity contribution < 1.29 is 13.6 Å². The highest BCUT2D eigenvalue weighted by atomic mass is 35.5. The SMILES string of the molecule is O=C(Cc1ccc(Cl)nc1NC1CC1)c1cncnc1C(F)F. The average Bonchev–Trinajstić information content (AvgIpc) is 3.34. The highest BCUT2D eigenvalue weighted by Crippen LogP contribution is 2.28. The molecule has 0 aliphatic heterocycles. The van der Waals surface area contributed by atoms with Gasteiger partial charge < -0.3 is 5.32 Å². The van der Waals surface area contributed by atoms with Crippen molar-refractivity contribution in [2.24, 2.45) is 0 Å². The standard InChI is InChI=1S/C15H13ClF2N4O/c16-12-4-1-8(15(22-12)21-9-2-3-9)5-11(23)10-6-19-7-20-13(10)14(17)18/h1,4,6-7,9,14H,2-3,5H2,(H,21,22). The molecule has 1 fully saturated rings. The molecular weight excluding hydrogens is 326 g/mol. The van der Waals surface area contributed by atoms with Crippen molar-refractivity contribution in [3.63, 3.8) is 0 Å². The van der Waals surface area contributed by atoms with Crippen molar-refractivity contribution in [3.05, 3.63) is 46.6 Å². The van der Waals surface area contributed by atoms with Crippen LogP contribution in [0.15, 0.2) is 24.7 Å². The van der Waals surface area contributed by atoms with Crippen molar-refractivity contribution in [2.45, 2.75) is 31.7 Å². The number of aromatic nitrogens is 3. The molecule has 8 heteroatoms. The lowest BCUT2D eigenvalue weighted by Gasteiger charge is -2.11. The van der Waals surface area contributed by atoms with E-state index < -0.39 is 17.9 Å². The molecule has 0 amide bonds. The molecule has 0 aromatic carbocycles. The number of alkyl halides is 2. The fourth-order valence-electron chi connectivity index (χ4n) is 2.15. The molecule has 1 aliphatic carbocycles. The molecule has 120 valence electrons. The maximum absolute atomic E-state index is 13.0. The van der Waals surface area contributed by atoms with Crippen LogP contribution < -0.4 is 5.32 Å². The van der Waals surface area contributed by atoms with E-state index in [0.29, 0.717) is 22.6 Å². The maximum Gasteiger partial charge on any atom is 0.281 e. The minimum absolute atomic E-state index is 0.0771. The summed E-state index contributed by atoms with van der Waals surface area (Å²) in [5.74, 6) is 0.0349. The molecule has 5 nitrogen and oxygen atoms in total. The van der Waals surface area contributed by atoms with Gasteiger partial charge in [0.15, 0.2) is 5.78 Å². The summed E-state index contributed by atoms with van der Waals surface area (Å²) in [5.41, 5.74) is -0.117. The minimum atomic E-state index is -2.83. The number of ketones is 1. The summed E-state index contributed by atoms with van der Waals surface area (Å²) in [6, 6.07) is 3.56. The largest absolute Gasteiger partial charge is 0.367 e. The van der Waals surface area contributed by atoms with E-state index in [1.807, 2.05) is 0 Å². The van der Waals surface area contributed by atoms with Crippen molar-refractivity contribution in [2.75, 3.05) is 5.32 Å². The van der Waals surface area contributed by atoms with E-state index in [9.17, 15) is 13.6 Å². The van der Waals surface area contributed by atoms with Crippen LogP contribution in [-0.4, -0.2) is 26.8 Å². The molecule has 0 bridgehead atoms. The second kappa shape index (κ2) is 6.54. The number of nitrogens with zero attached hydrogens (tertiary/aromatic N) is 3. The van der Waals surface area contributed by atoms with Crippen LogP contribution in [0.4, 0.5) is 14.6 Å². The van der Waals surface area contributed by atoms with E-state index in [1.54, 1.807) is 12.1 Å². The Balaban J connectivity index is 1.85. The van der Waals surface area contributed by atoms with Gasteiger partial charge in [-0.2, -0.15) is 0 Å². The molecule has 1 aliphatic rings. The molecule has 0 saturated heterocycles. The van der Waals surface area contributed by atoms with Gasteiger partial charge in [-0.15, -0.1) is 0 Å². The fraction of sp³-hybridized carbons (Fsp3) is 0.333. The molecule has 23 heavy (non-hydrogen) atoms. The summed E-state index contributed by atoms with van der Waals surface area (Å²) in [6.45, 7) is 0. The van der Waals surface area contributed by atoms with Gasteiger partial charge in [-0.3, -0.25) is 4.79 Å². The second-order valence-corrected chi connectivity index (χ2v) is 5.67. The lowest BCUT2D eigenvalue weighted by Crippen LogP contribution is -2.13. The highest BCUT2D eigenvalue weighted by molar-refractivity contribution is 6.29. The number of hydrogen-bond donors (Lipinski definition) is 1. The smallest absolute Gasteiger partial charge is 0.281 e. The van der Waals surface area contributed by atoms with Gasteiger partial charge in [0.25, 0.3) is 6.43 Å². The number of pyridine rings is 1. The first-order valence-electron chi connectivity index (χ1n) is 7.08. The molecule has 2 heterocycles. The zero-order valence-electron chi connectivity index (χ0n) is 12.0. The summed E-state index contributed by atoms with van der Waals surface area (Å²) in [6.07, 6.45) is 1.28. The van der Waals surface area contributed by atoms with Gasteiger partial charge in [0.05, 0.1) is 5.56 Å². The summed E-state index contributed by atoms with van der Waals surface area (Å²) in [5, 5.41) is 3.50. The molecular formula is C15H13ClF2N4O. The Hall–Kier alpha value is -2.15. The number of Topliss-reactive ketones (excluding diaryl/α,β-unsaturated/α-hetero) is 1. The Morgan fingerprint density at radius 3 is 2.87 bits per heavy atom. The van der Waals surface area contributed by atoms with E-state index in [1.165, 1.54) is 0 Å². The number of carbonyl (C=O) groups excluding carboxylic acids is 1. The average molecular weight is 339 g/mol. The van der Waals surface area contributed by atoms with Crippen LogP contribution in [0.3, 0.4) is 0 Å². The number of anilines is 1. The Labute approximate surface area is 136 Å². The van der Waals surface area contributed by atoms with Gasteiger partial charge in [0, 0.05) is 24.2 Å². The first kappa shape index (κ1) is 15.7. The monoisotopic (exact) mass is 338 g/mol. The van der Waals surface area contributed by atoms with Crippen LogP contribution in [0.2, 0.25) is 5.15 Å². The number of carbonyl (C=O) groups is 1. The molecule has 1 N–H and O–H groups in total. The lowest BCUT2D eigenvalue weighted by atomic mass is 10.0. The molecule has 2 aromatic rings. The molecule has 0 unspecified atom stereocenters. The highest BCUT2D eigenvalue weighted by Gasteiger charge is 2.25. The van der Waals surface area contributed by atoms with Crippen LogP contribution in [-0.2, 0) is 6.42 Å². The van der Waals surface area contributed by atoms with Gasteiger partial charge in [-0.25, -0.2) is 23.7 Å². The van der Waals surface area contributed by atoms with Crippen LogP contribution in [0.1, 0.15) is 40.9 Å². The Morgan fingerprint density at radius 2 is 2.17 bits per heavy atom. The molecule has 1 saturated carbocycles. The Morgan fingerprint density at radius 1 is 1.39 bits per heavy atom. The summed E-state index contributed by atoms with van der Waals surface area (Å²) in [4.78, 5) is 23.7. The number of rotatable bonds is 6. The number of nitrogens with one attached hydrogen (secondary N) is 1. The molecule has 2 aromatic heterocycles. The Kier molecular flexibility index (Phi) is 4.47. The van der Waals surface area contributed by atoms with Crippen LogP contribution >= 0.6 is 11.6 Å². The zero-order valence-corrected chi connectivity index (χ0v) is 12.7. The molecule has 3 rings (SSSR count). The third-order valence-corrected chi connectivity index (χ3v) is 3.67. The second-order valence-electron chi connectivity index (χ2n) is 5.28. The summed E-state index contributed by atoms with van der Waals surface area (Å²) in [7, 11) is 0. The van der Waals surface area contributed by atoms with Gasteiger partial charge in [0.2, 0.25) is 0 Å². The van der Waals surface area contributed by atoms with Crippen molar-refractivity contribution in [1.29, 1.82) is 0 Å². The lowest BCUT2D eigenvalue weighted by molar-refractivity contribution is 0.0975. The van der Waals surface area contributed by atoms with Crippen molar-refractivity contribution in [1.82, 2.24) is 15.0 Å². The first-order chi connectivity index (χ1) is 11.0. The predicted octanol–water partition coefficient (Wildman–Crippen LogP) is 3.46. The Bertz CT molecular complexity index is 737. The van der Waals surface area contributed by atoms with E-state index in [2.05, 4.69) is 20.3 Å². The van der Waals surface area contributed by atoms with Gasteiger partial charge in [-0.05, 0) is 18.9 Å². The molecule has 0 spiro atoms. The summed E-state index contributed by atoms with van der Waals surface area (Å²) < 4.78 is 25.9. The minimum Gasteiger partial charge on any atom is -0.367 e. The topological polar surface area (TPSA) is 67.8 Å². The van der Waals surface area contributed by atoms with Crippen molar-refractivity contribution >= 4 is 23.2 Å². The quantitative estimate of drug-likeness (QED) is 0.645. The van der Waals surface area contributed by atoms with Crippen LogP contribution in [0.25, 0.3) is 0 Å². The van der Waals surface area contributed by atoms with Gasteiger partial charge in [0.1, 0.15) is 23.0 Å². The first-order valence-corrected chi connectivity index (χ1v) is 7.45. The third-order valence-electron chi connectivity index (χ3n) is 3.46. The van der Waals surface area contributed by atoms with Gasteiger partial charge >= 0.3 is 0 Å². The number of halogens is 3. The normalized spacial score (nSPS) is 14.1. The zero-order chi connectivity index (χ0) is 16.4. The van der Waals surface area contributed by atoms with E-state index in [4.69, 9.17) is 11.6 Å². The third kappa shape index (κ3) is 3.79. The molecule has 0 radical (unpaired) electrons. The van der Waals surface area contributed by atoms with E-state index >= 15 is 0 Å². The fourth-order valence-corrected chi connectivity index (χ4v) is 2.30.